The number of carbonyl (C=O) groups is 4. The highest BCUT2D eigenvalue weighted by atomic mass is 31.2. The smallest absolute Gasteiger partial charge is 0.462 e. The lowest BCUT2D eigenvalue weighted by atomic mass is 10.1. The van der Waals surface area contributed by atoms with Crippen molar-refractivity contribution in [2.75, 3.05) is 39.6 Å². The van der Waals surface area contributed by atoms with E-state index in [4.69, 9.17) is 37.0 Å². The fourth-order valence-electron chi connectivity index (χ4n) is 9.51. The standard InChI is InChI=1S/C81H134O17P2/c1-5-9-13-17-21-25-29-32-35-36-37-38-41-43-47-50-54-58-62-66-79(84)92-72-77(98-81(86)68-64-60-56-52-48-44-40-34-31-27-23-19-15-11-7-3)74-96-100(89,90)94-70-75(82)69-93-99(87,88)95-73-76(97-80(85)67-63-59-55-51-45-28-24-20-16-12-8-4)71-91-78(83)65-61-57-53-49-46-42-39-33-30-26-22-18-14-10-6-2/h9,11,13,15,20-21,23-25,27,32-35,37-40,43,47-48,52,54,58,75-77,82H,5-8,10,12,14,16-19,22,26,28-31,36,41-42,44-46,49-51,53,55-57,59-74H2,1-4H3,(H,87,88)(H,89,90)/b13-9-,15-11-,24-20-,25-21-,27-23-,35-32-,38-37-,39-33-,40-34-,47-43-,52-48-,58-54-. The summed E-state index contributed by atoms with van der Waals surface area (Å²) in [5.41, 5.74) is 0. The van der Waals surface area contributed by atoms with E-state index in [1.165, 1.54) is 51.4 Å². The number of phosphoric acid groups is 2. The van der Waals surface area contributed by atoms with E-state index in [1.807, 2.05) is 24.3 Å². The molecule has 0 saturated heterocycles. The summed E-state index contributed by atoms with van der Waals surface area (Å²) in [6.45, 7) is 4.43. The summed E-state index contributed by atoms with van der Waals surface area (Å²) in [5, 5.41) is 10.6. The van der Waals surface area contributed by atoms with Crippen molar-refractivity contribution in [1.29, 1.82) is 0 Å². The minimum Gasteiger partial charge on any atom is -0.462 e. The molecule has 0 spiro atoms. The summed E-state index contributed by atoms with van der Waals surface area (Å²) in [4.78, 5) is 72.8. The first-order chi connectivity index (χ1) is 48.7. The van der Waals surface area contributed by atoms with E-state index >= 15 is 0 Å². The number of rotatable bonds is 70. The Hall–Kier alpha value is -5.06. The van der Waals surface area contributed by atoms with Crippen LogP contribution < -0.4 is 0 Å². The van der Waals surface area contributed by atoms with Crippen LogP contribution in [0.3, 0.4) is 0 Å². The summed E-state index contributed by atoms with van der Waals surface area (Å²) in [6.07, 6.45) is 81.5. The normalized spacial score (nSPS) is 14.8. The predicted molar refractivity (Wildman–Crippen MR) is 408 cm³/mol. The van der Waals surface area contributed by atoms with Crippen LogP contribution >= 0.6 is 15.6 Å². The molecule has 0 bridgehead atoms. The third kappa shape index (κ3) is 71.3. The third-order valence-corrected chi connectivity index (χ3v) is 17.2. The van der Waals surface area contributed by atoms with Gasteiger partial charge in [-0.1, -0.05) is 257 Å². The van der Waals surface area contributed by atoms with Crippen molar-refractivity contribution in [2.24, 2.45) is 0 Å². The summed E-state index contributed by atoms with van der Waals surface area (Å²) >= 11 is 0. The number of esters is 4. The van der Waals surface area contributed by atoms with Crippen LogP contribution in [0.2, 0.25) is 0 Å². The molecule has 0 aromatic carbocycles. The van der Waals surface area contributed by atoms with Crippen molar-refractivity contribution in [3.63, 3.8) is 0 Å². The van der Waals surface area contributed by atoms with E-state index in [9.17, 15) is 43.2 Å². The van der Waals surface area contributed by atoms with Gasteiger partial charge in [-0.15, -0.1) is 0 Å². The zero-order valence-electron chi connectivity index (χ0n) is 62.1. The van der Waals surface area contributed by atoms with Gasteiger partial charge in [0.1, 0.15) is 19.3 Å². The highest BCUT2D eigenvalue weighted by Gasteiger charge is 2.30. The first-order valence-electron chi connectivity index (χ1n) is 38.1. The van der Waals surface area contributed by atoms with E-state index < -0.39 is 97.5 Å². The summed E-state index contributed by atoms with van der Waals surface area (Å²) in [6, 6.07) is 0. The Morgan fingerprint density at radius 1 is 0.290 bits per heavy atom. The molecule has 100 heavy (non-hydrogen) atoms. The van der Waals surface area contributed by atoms with Crippen LogP contribution in [0.1, 0.15) is 285 Å². The minimum atomic E-state index is -5.01. The second-order valence-electron chi connectivity index (χ2n) is 24.8. The largest absolute Gasteiger partial charge is 0.472 e. The lowest BCUT2D eigenvalue weighted by Crippen LogP contribution is -2.30. The number of hydrogen-bond acceptors (Lipinski definition) is 15. The number of phosphoric ester groups is 2. The summed E-state index contributed by atoms with van der Waals surface area (Å²) in [7, 11) is -9.99. The van der Waals surface area contributed by atoms with Crippen molar-refractivity contribution >= 4 is 39.5 Å². The molecule has 19 heteroatoms. The highest BCUT2D eigenvalue weighted by Crippen LogP contribution is 2.45. The van der Waals surface area contributed by atoms with Crippen LogP contribution in [0.4, 0.5) is 0 Å². The number of aliphatic hydroxyl groups is 1. The molecule has 0 fully saturated rings. The zero-order valence-corrected chi connectivity index (χ0v) is 63.9. The lowest BCUT2D eigenvalue weighted by Gasteiger charge is -2.21. The van der Waals surface area contributed by atoms with Gasteiger partial charge >= 0.3 is 39.5 Å². The molecule has 0 saturated carbocycles. The Morgan fingerprint density at radius 2 is 0.550 bits per heavy atom. The average Bonchev–Trinajstić information content (AvgIpc) is 0.985. The topological polar surface area (TPSA) is 237 Å². The fraction of sp³-hybridized carbons (Fsp3) is 0.654. The second-order valence-corrected chi connectivity index (χ2v) is 27.7. The molecular weight excluding hydrogens is 1310 g/mol. The van der Waals surface area contributed by atoms with Crippen LogP contribution in [0.15, 0.2) is 146 Å². The molecule has 570 valence electrons. The SMILES string of the molecule is CC/C=C\C/C=C\C/C=C\C/C=C\C/C=C\C/C=C\CCC(=O)OCC(COP(=O)(O)OCC(O)COP(=O)(O)OCC(COC(=O)CCCCCCC/C=C\CCCCCCCC)OC(=O)CCCCCCC/C=C\CCCC)OC(=O)CCCC/C=C\C/C=C\C/C=C\C/C=C\CC. The number of carbonyl (C=O) groups excluding carboxylic acids is 4. The Labute approximate surface area is 605 Å². The van der Waals surface area contributed by atoms with Gasteiger partial charge in [0.25, 0.3) is 0 Å². The van der Waals surface area contributed by atoms with Crippen molar-refractivity contribution in [3.8, 4) is 0 Å². The molecule has 0 aliphatic heterocycles. The van der Waals surface area contributed by atoms with Gasteiger partial charge in [-0.3, -0.25) is 37.3 Å². The molecule has 0 aromatic heterocycles. The van der Waals surface area contributed by atoms with Gasteiger partial charge in [0.15, 0.2) is 12.2 Å². The van der Waals surface area contributed by atoms with Crippen LogP contribution in [-0.4, -0.2) is 96.7 Å². The predicted octanol–water partition coefficient (Wildman–Crippen LogP) is 21.9. The first kappa shape index (κ1) is 94.9. The van der Waals surface area contributed by atoms with Gasteiger partial charge in [-0.2, -0.15) is 0 Å². The molecule has 0 rings (SSSR count). The fourth-order valence-corrected chi connectivity index (χ4v) is 11.1. The maximum atomic E-state index is 13.1. The van der Waals surface area contributed by atoms with Crippen molar-refractivity contribution in [1.82, 2.24) is 0 Å². The lowest BCUT2D eigenvalue weighted by molar-refractivity contribution is -0.161. The molecule has 17 nitrogen and oxygen atoms in total. The third-order valence-electron chi connectivity index (χ3n) is 15.3. The second kappa shape index (κ2) is 72.3. The van der Waals surface area contributed by atoms with Crippen molar-refractivity contribution in [3.05, 3.63) is 146 Å². The van der Waals surface area contributed by atoms with Gasteiger partial charge in [-0.05, 0) is 148 Å². The number of aliphatic hydroxyl groups excluding tert-OH is 1. The summed E-state index contributed by atoms with van der Waals surface area (Å²) in [5.74, 6) is -2.35. The number of ether oxygens (including phenoxy) is 4. The van der Waals surface area contributed by atoms with Crippen LogP contribution in [0, 0.1) is 0 Å². The van der Waals surface area contributed by atoms with E-state index in [2.05, 4.69) is 149 Å². The Bertz CT molecular complexity index is 2470. The van der Waals surface area contributed by atoms with E-state index in [0.717, 1.165) is 141 Å². The van der Waals surface area contributed by atoms with Gasteiger partial charge in [0.2, 0.25) is 0 Å². The van der Waals surface area contributed by atoms with Crippen molar-refractivity contribution < 1.29 is 80.2 Å². The Kier molecular flexibility index (Phi) is 68.6. The van der Waals surface area contributed by atoms with Crippen LogP contribution in [0.25, 0.3) is 0 Å². The van der Waals surface area contributed by atoms with Crippen molar-refractivity contribution in [2.45, 2.75) is 303 Å². The van der Waals surface area contributed by atoms with E-state index in [1.54, 1.807) is 0 Å². The zero-order chi connectivity index (χ0) is 73.2. The molecule has 0 radical (unpaired) electrons. The van der Waals surface area contributed by atoms with Crippen LogP contribution in [0.5, 0.6) is 0 Å². The Balaban J connectivity index is 5.44. The van der Waals surface area contributed by atoms with Crippen LogP contribution in [-0.2, 0) is 65.4 Å². The number of allylic oxidation sites excluding steroid dienone is 24. The first-order valence-corrected chi connectivity index (χ1v) is 41.1. The van der Waals surface area contributed by atoms with Gasteiger partial charge < -0.3 is 33.8 Å². The Morgan fingerprint density at radius 3 is 0.920 bits per heavy atom. The average molecular weight is 1440 g/mol. The molecular formula is C81H134O17P2. The maximum absolute atomic E-state index is 13.1. The number of hydrogen-bond donors (Lipinski definition) is 3. The van der Waals surface area contributed by atoms with Gasteiger partial charge in [-0.25, -0.2) is 9.13 Å². The minimum absolute atomic E-state index is 0.0220. The molecule has 5 unspecified atom stereocenters. The monoisotopic (exact) mass is 1440 g/mol. The quantitative estimate of drug-likeness (QED) is 0.0169. The molecule has 3 N–H and O–H groups in total. The maximum Gasteiger partial charge on any atom is 0.472 e. The summed E-state index contributed by atoms with van der Waals surface area (Å²) < 4.78 is 68.3. The molecule has 0 aliphatic rings. The number of unbranched alkanes of at least 4 members (excludes halogenated alkanes) is 20. The van der Waals surface area contributed by atoms with Gasteiger partial charge in [0, 0.05) is 25.7 Å². The van der Waals surface area contributed by atoms with E-state index in [-0.39, 0.29) is 25.7 Å². The van der Waals surface area contributed by atoms with E-state index in [0.29, 0.717) is 38.5 Å². The molecule has 0 aliphatic carbocycles. The molecule has 0 amide bonds. The molecule has 0 heterocycles. The highest BCUT2D eigenvalue weighted by molar-refractivity contribution is 7.47. The molecule has 0 aromatic rings. The van der Waals surface area contributed by atoms with Gasteiger partial charge in [0.05, 0.1) is 26.4 Å². The molecule has 5 atom stereocenters.